The van der Waals surface area contributed by atoms with Gasteiger partial charge in [-0.3, -0.25) is 9.69 Å². The van der Waals surface area contributed by atoms with Gasteiger partial charge in [-0.05, 0) is 70.3 Å². The van der Waals surface area contributed by atoms with Gasteiger partial charge < -0.3 is 10.6 Å². The third-order valence-corrected chi connectivity index (χ3v) is 5.03. The second-order valence-electron chi connectivity index (χ2n) is 7.34. The van der Waals surface area contributed by atoms with Crippen LogP contribution >= 0.6 is 0 Å². The largest absolute Gasteiger partial charge is 0.352 e. The molecule has 1 heterocycles. The molecule has 4 nitrogen and oxygen atoms in total. The van der Waals surface area contributed by atoms with Crippen LogP contribution in [0.15, 0.2) is 24.3 Å². The second kappa shape index (κ2) is 9.80. The van der Waals surface area contributed by atoms with Gasteiger partial charge in [-0.15, -0.1) is 0 Å². The molecule has 24 heavy (non-hydrogen) atoms. The Hall–Kier alpha value is -1.39. The minimum atomic E-state index is 0.179. The minimum absolute atomic E-state index is 0.179. The summed E-state index contributed by atoms with van der Waals surface area (Å²) in [4.78, 5) is 14.4. The zero-order valence-electron chi connectivity index (χ0n) is 15.5. The normalized spacial score (nSPS) is 15.9. The first-order valence-electron chi connectivity index (χ1n) is 9.30. The molecule has 0 saturated carbocycles. The molecule has 0 bridgehead atoms. The Balaban J connectivity index is 1.73. The predicted octanol–water partition coefficient (Wildman–Crippen LogP) is 2.92. The van der Waals surface area contributed by atoms with E-state index in [1.807, 2.05) is 0 Å². The van der Waals surface area contributed by atoms with Crippen molar-refractivity contribution in [3.05, 3.63) is 35.4 Å². The average Bonchev–Trinajstić information content (AvgIpc) is 2.59. The monoisotopic (exact) mass is 331 g/mol. The fraction of sp³-hybridized carbons (Fsp3) is 0.650. The van der Waals surface area contributed by atoms with Gasteiger partial charge >= 0.3 is 0 Å². The number of hydrogen-bond donors (Lipinski definition) is 2. The van der Waals surface area contributed by atoms with Crippen molar-refractivity contribution in [1.29, 1.82) is 0 Å². The third-order valence-electron chi connectivity index (χ3n) is 5.03. The Morgan fingerprint density at radius 1 is 1.29 bits per heavy atom. The van der Waals surface area contributed by atoms with Crippen LogP contribution in [-0.2, 0) is 17.9 Å². The molecule has 1 aliphatic heterocycles. The van der Waals surface area contributed by atoms with E-state index in [-0.39, 0.29) is 5.91 Å². The van der Waals surface area contributed by atoms with Crippen molar-refractivity contribution in [2.24, 2.45) is 5.92 Å². The number of hydrogen-bond acceptors (Lipinski definition) is 3. The molecular weight excluding hydrogens is 298 g/mol. The molecule has 1 fully saturated rings. The molecule has 0 unspecified atom stereocenters. The van der Waals surface area contributed by atoms with Gasteiger partial charge in [-0.1, -0.05) is 24.3 Å². The van der Waals surface area contributed by atoms with Crippen molar-refractivity contribution in [1.82, 2.24) is 15.5 Å². The molecule has 2 rings (SSSR count). The van der Waals surface area contributed by atoms with E-state index in [1.165, 1.54) is 24.0 Å². The van der Waals surface area contributed by atoms with Crippen molar-refractivity contribution in [2.75, 3.05) is 20.1 Å². The molecule has 1 aromatic rings. The van der Waals surface area contributed by atoms with Crippen LogP contribution < -0.4 is 10.6 Å². The van der Waals surface area contributed by atoms with E-state index in [0.29, 0.717) is 24.9 Å². The fourth-order valence-electron chi connectivity index (χ4n) is 3.10. The van der Waals surface area contributed by atoms with E-state index in [4.69, 9.17) is 0 Å². The summed E-state index contributed by atoms with van der Waals surface area (Å²) in [6.45, 7) is 8.17. The lowest BCUT2D eigenvalue weighted by Gasteiger charge is -2.22. The van der Waals surface area contributed by atoms with Crippen LogP contribution in [-0.4, -0.2) is 37.0 Å². The number of carbonyl (C=O) groups is 1. The van der Waals surface area contributed by atoms with Gasteiger partial charge in [0.2, 0.25) is 5.91 Å². The summed E-state index contributed by atoms with van der Waals surface area (Å²) in [5.74, 6) is 0.894. The van der Waals surface area contributed by atoms with E-state index in [1.54, 1.807) is 0 Å². The smallest absolute Gasteiger partial charge is 0.220 e. The molecule has 1 aromatic carbocycles. The summed E-state index contributed by atoms with van der Waals surface area (Å²) in [5, 5.41) is 6.44. The molecule has 0 aromatic heterocycles. The maximum absolute atomic E-state index is 12.1. The average molecular weight is 332 g/mol. The molecule has 0 aliphatic carbocycles. The van der Waals surface area contributed by atoms with Crippen LogP contribution in [0.4, 0.5) is 0 Å². The van der Waals surface area contributed by atoms with Crippen LogP contribution in [0, 0.1) is 5.92 Å². The zero-order valence-corrected chi connectivity index (χ0v) is 15.5. The number of carbonyl (C=O) groups excluding carboxylic acids is 1. The Bertz CT molecular complexity index is 509. The van der Waals surface area contributed by atoms with Crippen molar-refractivity contribution in [2.45, 2.75) is 58.7 Å². The highest BCUT2D eigenvalue weighted by Gasteiger charge is 2.14. The standard InChI is InChI=1S/C20H33N3O/c1-16(2)23(3)15-19-6-4-5-18(13-19)14-22-20(24)8-7-17-9-11-21-12-10-17/h4-6,13,16-17,21H,7-12,14-15H2,1-3H3,(H,22,24). The number of nitrogens with zero attached hydrogens (tertiary/aromatic N) is 1. The first-order chi connectivity index (χ1) is 11.5. The van der Waals surface area contributed by atoms with Crippen molar-refractivity contribution in [3.63, 3.8) is 0 Å². The van der Waals surface area contributed by atoms with E-state index in [9.17, 15) is 4.79 Å². The van der Waals surface area contributed by atoms with Gasteiger partial charge in [-0.25, -0.2) is 0 Å². The highest BCUT2D eigenvalue weighted by molar-refractivity contribution is 5.75. The number of piperidine rings is 1. The number of benzene rings is 1. The SMILES string of the molecule is CC(C)N(C)Cc1cccc(CNC(=O)CCC2CCNCC2)c1. The van der Waals surface area contributed by atoms with E-state index >= 15 is 0 Å². The Labute approximate surface area is 147 Å². The third kappa shape index (κ3) is 6.62. The van der Waals surface area contributed by atoms with Crippen LogP contribution in [0.5, 0.6) is 0 Å². The molecule has 4 heteroatoms. The summed E-state index contributed by atoms with van der Waals surface area (Å²) in [6.07, 6.45) is 4.09. The van der Waals surface area contributed by atoms with Gasteiger partial charge in [0.1, 0.15) is 0 Å². The molecule has 134 valence electrons. The van der Waals surface area contributed by atoms with Crippen LogP contribution in [0.3, 0.4) is 0 Å². The summed E-state index contributed by atoms with van der Waals surface area (Å²) in [6, 6.07) is 9.06. The highest BCUT2D eigenvalue weighted by Crippen LogP contribution is 2.17. The van der Waals surface area contributed by atoms with Crippen molar-refractivity contribution < 1.29 is 4.79 Å². The maximum Gasteiger partial charge on any atom is 0.220 e. The molecule has 2 N–H and O–H groups in total. The molecular formula is C20H33N3O. The van der Waals surface area contributed by atoms with E-state index in [2.05, 4.69) is 60.7 Å². The summed E-state index contributed by atoms with van der Waals surface area (Å²) in [7, 11) is 2.14. The second-order valence-corrected chi connectivity index (χ2v) is 7.34. The summed E-state index contributed by atoms with van der Waals surface area (Å²) in [5.41, 5.74) is 2.48. The maximum atomic E-state index is 12.1. The quantitative estimate of drug-likeness (QED) is 0.770. The molecule has 1 saturated heterocycles. The molecule has 0 spiro atoms. The lowest BCUT2D eigenvalue weighted by molar-refractivity contribution is -0.121. The Kier molecular flexibility index (Phi) is 7.73. The first kappa shape index (κ1) is 18.9. The zero-order chi connectivity index (χ0) is 17.4. The topological polar surface area (TPSA) is 44.4 Å². The molecule has 1 aliphatic rings. The van der Waals surface area contributed by atoms with Gasteiger partial charge in [-0.2, -0.15) is 0 Å². The van der Waals surface area contributed by atoms with E-state index in [0.717, 1.165) is 26.1 Å². The predicted molar refractivity (Wildman–Crippen MR) is 99.7 cm³/mol. The number of rotatable bonds is 8. The summed E-state index contributed by atoms with van der Waals surface area (Å²) >= 11 is 0. The molecule has 0 radical (unpaired) electrons. The van der Waals surface area contributed by atoms with Crippen LogP contribution in [0.1, 0.15) is 50.7 Å². The van der Waals surface area contributed by atoms with Crippen LogP contribution in [0.25, 0.3) is 0 Å². The van der Waals surface area contributed by atoms with E-state index < -0.39 is 0 Å². The van der Waals surface area contributed by atoms with Gasteiger partial charge in [0, 0.05) is 25.6 Å². The van der Waals surface area contributed by atoms with Crippen LogP contribution in [0.2, 0.25) is 0 Å². The first-order valence-corrected chi connectivity index (χ1v) is 9.30. The van der Waals surface area contributed by atoms with Gasteiger partial charge in [0.25, 0.3) is 0 Å². The number of amides is 1. The van der Waals surface area contributed by atoms with Gasteiger partial charge in [0.15, 0.2) is 0 Å². The Morgan fingerprint density at radius 3 is 2.71 bits per heavy atom. The number of nitrogens with one attached hydrogen (secondary N) is 2. The van der Waals surface area contributed by atoms with Crippen molar-refractivity contribution in [3.8, 4) is 0 Å². The lowest BCUT2D eigenvalue weighted by Crippen LogP contribution is -2.29. The lowest BCUT2D eigenvalue weighted by atomic mass is 9.93. The molecule has 0 atom stereocenters. The Morgan fingerprint density at radius 2 is 2.00 bits per heavy atom. The molecule has 1 amide bonds. The summed E-state index contributed by atoms with van der Waals surface area (Å²) < 4.78 is 0. The fourth-order valence-corrected chi connectivity index (χ4v) is 3.10. The van der Waals surface area contributed by atoms with Crippen molar-refractivity contribution >= 4 is 5.91 Å². The van der Waals surface area contributed by atoms with Gasteiger partial charge in [0.05, 0.1) is 0 Å². The highest BCUT2D eigenvalue weighted by atomic mass is 16.1. The minimum Gasteiger partial charge on any atom is -0.352 e.